The van der Waals surface area contributed by atoms with Crippen molar-refractivity contribution in [2.75, 3.05) is 7.11 Å². The molecule has 0 spiro atoms. The molecular formula is C27H24ClN3O2S2. The first-order valence-electron chi connectivity index (χ1n) is 10.9. The molecule has 0 saturated heterocycles. The summed E-state index contributed by atoms with van der Waals surface area (Å²) in [6, 6.07) is 23.4. The van der Waals surface area contributed by atoms with E-state index in [4.69, 9.17) is 16.3 Å². The number of rotatable bonds is 9. The zero-order chi connectivity index (χ0) is 24.6. The van der Waals surface area contributed by atoms with E-state index in [-0.39, 0.29) is 5.91 Å². The number of amides is 1. The number of halogens is 1. The Labute approximate surface area is 218 Å². The molecule has 0 atom stereocenters. The normalized spacial score (nSPS) is 10.7. The maximum atomic E-state index is 13.2. The lowest BCUT2D eigenvalue weighted by Gasteiger charge is -2.11. The molecule has 8 heteroatoms. The molecule has 35 heavy (non-hydrogen) atoms. The van der Waals surface area contributed by atoms with Gasteiger partial charge >= 0.3 is 0 Å². The van der Waals surface area contributed by atoms with Gasteiger partial charge < -0.3 is 10.1 Å². The van der Waals surface area contributed by atoms with Crippen molar-refractivity contribution in [3.63, 3.8) is 0 Å². The lowest BCUT2D eigenvalue weighted by molar-refractivity contribution is 0.0941. The number of nitrogens with one attached hydrogen (secondary N) is 1. The van der Waals surface area contributed by atoms with Gasteiger partial charge in [0.15, 0.2) is 5.16 Å². The lowest BCUT2D eigenvalue weighted by atomic mass is 10.2. The van der Waals surface area contributed by atoms with Crippen LogP contribution in [0.4, 0.5) is 0 Å². The number of carbonyl (C=O) groups excluding carboxylic acids is 1. The Bertz CT molecular complexity index is 1280. The van der Waals surface area contributed by atoms with Gasteiger partial charge in [0.2, 0.25) is 0 Å². The van der Waals surface area contributed by atoms with Crippen molar-refractivity contribution < 1.29 is 9.53 Å². The molecule has 178 valence electrons. The zero-order valence-corrected chi connectivity index (χ0v) is 21.7. The number of hydrogen-bond acceptors (Lipinski definition) is 6. The summed E-state index contributed by atoms with van der Waals surface area (Å²) >= 11 is 8.94. The largest absolute Gasteiger partial charge is 0.497 e. The molecule has 4 aromatic rings. The fourth-order valence-corrected chi connectivity index (χ4v) is 4.90. The fraction of sp³-hybridized carbons (Fsp3) is 0.148. The van der Waals surface area contributed by atoms with Crippen LogP contribution in [0.15, 0.2) is 93.9 Å². The summed E-state index contributed by atoms with van der Waals surface area (Å²) in [4.78, 5) is 24.1. The minimum Gasteiger partial charge on any atom is -0.497 e. The predicted molar refractivity (Wildman–Crippen MR) is 143 cm³/mol. The molecule has 0 bridgehead atoms. The van der Waals surface area contributed by atoms with Crippen LogP contribution in [0, 0.1) is 6.92 Å². The van der Waals surface area contributed by atoms with Crippen LogP contribution in [0.25, 0.3) is 0 Å². The Balaban J connectivity index is 1.52. The van der Waals surface area contributed by atoms with Gasteiger partial charge in [-0.2, -0.15) is 0 Å². The molecule has 0 aliphatic heterocycles. The van der Waals surface area contributed by atoms with Gasteiger partial charge in [-0.25, -0.2) is 9.97 Å². The molecule has 1 N–H and O–H groups in total. The number of hydrogen-bond donors (Lipinski definition) is 1. The molecule has 4 rings (SSSR count). The average molecular weight is 522 g/mol. The smallest absolute Gasteiger partial charge is 0.271 e. The van der Waals surface area contributed by atoms with E-state index in [9.17, 15) is 4.79 Å². The minimum absolute atomic E-state index is 0.244. The third-order valence-electron chi connectivity index (χ3n) is 5.09. The quantitative estimate of drug-likeness (QED) is 0.192. The lowest BCUT2D eigenvalue weighted by Crippen LogP contribution is -2.25. The molecular weight excluding hydrogens is 498 g/mol. The summed E-state index contributed by atoms with van der Waals surface area (Å²) in [5.74, 6) is 1.20. The second kappa shape index (κ2) is 12.1. The summed E-state index contributed by atoms with van der Waals surface area (Å²) in [6.45, 7) is 2.43. The molecule has 0 unspecified atom stereocenters. The van der Waals surface area contributed by atoms with E-state index in [1.165, 1.54) is 29.1 Å². The molecule has 0 saturated carbocycles. The van der Waals surface area contributed by atoms with Crippen LogP contribution in [-0.2, 0) is 12.3 Å². The van der Waals surface area contributed by atoms with Crippen molar-refractivity contribution in [3.05, 3.63) is 106 Å². The van der Waals surface area contributed by atoms with E-state index in [0.717, 1.165) is 21.8 Å². The Hall–Kier alpha value is -3.00. The first kappa shape index (κ1) is 25.1. The monoisotopic (exact) mass is 521 g/mol. The Morgan fingerprint density at radius 3 is 2.34 bits per heavy atom. The second-order valence-corrected chi connectivity index (χ2v) is 10.2. The van der Waals surface area contributed by atoms with Crippen LogP contribution in [0.5, 0.6) is 5.75 Å². The van der Waals surface area contributed by atoms with E-state index in [0.29, 0.717) is 33.1 Å². The van der Waals surface area contributed by atoms with Crippen molar-refractivity contribution in [1.82, 2.24) is 15.3 Å². The van der Waals surface area contributed by atoms with Crippen molar-refractivity contribution in [3.8, 4) is 5.75 Å². The van der Waals surface area contributed by atoms with Gasteiger partial charge in [0.25, 0.3) is 5.91 Å². The van der Waals surface area contributed by atoms with E-state index in [2.05, 4.69) is 15.3 Å². The number of thioether (sulfide) groups is 1. The van der Waals surface area contributed by atoms with E-state index >= 15 is 0 Å². The van der Waals surface area contributed by atoms with Gasteiger partial charge in [-0.3, -0.25) is 4.79 Å². The third kappa shape index (κ3) is 7.24. The molecule has 0 radical (unpaired) electrons. The summed E-state index contributed by atoms with van der Waals surface area (Å²) in [7, 11) is 1.63. The molecule has 1 aromatic heterocycles. The van der Waals surface area contributed by atoms with Crippen molar-refractivity contribution >= 4 is 41.0 Å². The van der Waals surface area contributed by atoms with Crippen LogP contribution >= 0.6 is 35.1 Å². The average Bonchev–Trinajstić information content (AvgIpc) is 2.89. The van der Waals surface area contributed by atoms with E-state index < -0.39 is 0 Å². The van der Waals surface area contributed by atoms with Crippen molar-refractivity contribution in [2.24, 2.45) is 0 Å². The Morgan fingerprint density at radius 2 is 1.66 bits per heavy atom. The van der Waals surface area contributed by atoms with Crippen LogP contribution in [0.3, 0.4) is 0 Å². The summed E-state index contributed by atoms with van der Waals surface area (Å²) < 4.78 is 5.20. The molecule has 0 aliphatic carbocycles. The molecule has 0 fully saturated rings. The number of methoxy groups -OCH3 is 1. The number of benzene rings is 3. The first-order valence-corrected chi connectivity index (χ1v) is 13.1. The number of nitrogens with zero attached hydrogens (tertiary/aromatic N) is 2. The van der Waals surface area contributed by atoms with Crippen LogP contribution < -0.4 is 10.1 Å². The van der Waals surface area contributed by atoms with Gasteiger partial charge in [0, 0.05) is 28.4 Å². The summed E-state index contributed by atoms with van der Waals surface area (Å²) in [6.07, 6.45) is 1.73. The van der Waals surface area contributed by atoms with Gasteiger partial charge in [-0.15, -0.1) is 0 Å². The van der Waals surface area contributed by atoms with E-state index in [1.54, 1.807) is 13.3 Å². The molecule has 5 nitrogen and oxygen atoms in total. The highest BCUT2D eigenvalue weighted by molar-refractivity contribution is 7.99. The predicted octanol–water partition coefficient (Wildman–Crippen LogP) is 6.82. The van der Waals surface area contributed by atoms with Crippen LogP contribution in [0.2, 0.25) is 5.02 Å². The van der Waals surface area contributed by atoms with E-state index in [1.807, 2.05) is 79.7 Å². The first-order chi connectivity index (χ1) is 17.0. The SMILES string of the molecule is COc1ccc(CNC(=O)c2nc(SCc3ccc(Cl)cc3)ncc2Sc2ccc(C)cc2)cc1. The second-order valence-electron chi connectivity index (χ2n) is 7.73. The highest BCUT2D eigenvalue weighted by Crippen LogP contribution is 2.31. The number of ether oxygens (including phenoxy) is 1. The number of aryl methyl sites for hydroxylation is 1. The van der Waals surface area contributed by atoms with Gasteiger partial charge in [0.05, 0.1) is 12.0 Å². The Kier molecular flexibility index (Phi) is 8.69. The van der Waals surface area contributed by atoms with Crippen molar-refractivity contribution in [1.29, 1.82) is 0 Å². The number of carbonyl (C=O) groups is 1. The number of aromatic nitrogens is 2. The molecule has 1 amide bonds. The topological polar surface area (TPSA) is 64.1 Å². The van der Waals surface area contributed by atoms with Crippen molar-refractivity contribution in [2.45, 2.75) is 34.2 Å². The van der Waals surface area contributed by atoms with Gasteiger partial charge in [-0.05, 0) is 54.4 Å². The maximum absolute atomic E-state index is 13.2. The summed E-state index contributed by atoms with van der Waals surface area (Å²) in [5.41, 5.74) is 3.61. The maximum Gasteiger partial charge on any atom is 0.271 e. The molecule has 3 aromatic carbocycles. The minimum atomic E-state index is -0.244. The van der Waals surface area contributed by atoms with Gasteiger partial charge in [0.1, 0.15) is 11.4 Å². The fourth-order valence-electron chi connectivity index (χ4n) is 3.13. The van der Waals surface area contributed by atoms with Gasteiger partial charge in [-0.1, -0.05) is 77.1 Å². The highest BCUT2D eigenvalue weighted by atomic mass is 35.5. The van der Waals surface area contributed by atoms with Crippen LogP contribution in [-0.4, -0.2) is 23.0 Å². The Morgan fingerprint density at radius 1 is 0.971 bits per heavy atom. The zero-order valence-electron chi connectivity index (χ0n) is 19.3. The standard InChI is InChI=1S/C27H24ClN3O2S2/c1-18-3-13-23(14-4-18)35-24-16-30-27(34-17-20-5-9-21(28)10-6-20)31-25(24)26(32)29-15-19-7-11-22(33-2)12-8-19/h3-14,16H,15,17H2,1-2H3,(H,29,32). The molecule has 0 aliphatic rings. The van der Waals surface area contributed by atoms with Crippen LogP contribution in [0.1, 0.15) is 27.2 Å². The highest BCUT2D eigenvalue weighted by Gasteiger charge is 2.17. The summed E-state index contributed by atoms with van der Waals surface area (Å²) in [5, 5.41) is 4.23. The molecule has 1 heterocycles. The third-order valence-corrected chi connectivity index (χ3v) is 7.30.